The van der Waals surface area contributed by atoms with Crippen LogP contribution < -0.4 is 25.6 Å². The third-order valence-corrected chi connectivity index (χ3v) is 3.83. The van der Waals surface area contributed by atoms with Crippen molar-refractivity contribution in [2.24, 2.45) is 4.99 Å². The fourth-order valence-corrected chi connectivity index (χ4v) is 2.52. The van der Waals surface area contributed by atoms with E-state index in [1.165, 1.54) is 0 Å². The summed E-state index contributed by atoms with van der Waals surface area (Å²) in [6.07, 6.45) is 0.524. The largest absolute Gasteiger partial charge is 0.488 e. The molecule has 1 unspecified atom stereocenters. The van der Waals surface area contributed by atoms with Crippen LogP contribution in [0.2, 0.25) is 0 Å². The predicted octanol–water partition coefficient (Wildman–Crippen LogP) is 2.14. The molecule has 0 radical (unpaired) electrons. The van der Waals surface area contributed by atoms with E-state index in [1.54, 1.807) is 63.7 Å². The molecule has 0 spiro atoms. The van der Waals surface area contributed by atoms with Crippen LogP contribution in [0.4, 0.5) is 0 Å². The first kappa shape index (κ1) is 22.9. The Morgan fingerprint density at radius 3 is 2.43 bits per heavy atom. The van der Waals surface area contributed by atoms with E-state index in [1.807, 2.05) is 6.92 Å². The number of amides is 1. The van der Waals surface area contributed by atoms with Crippen molar-refractivity contribution in [1.29, 1.82) is 0 Å². The molecule has 0 fully saturated rings. The van der Waals surface area contributed by atoms with Crippen LogP contribution in [0.15, 0.2) is 47.5 Å². The SMILES string of the molecule is CN=C(NNC)NC(=O)c1cc(Oc2ccc(C=O)cc2)cc(OC(C)COC)c1. The molecule has 1 atom stereocenters. The van der Waals surface area contributed by atoms with Crippen molar-refractivity contribution in [3.8, 4) is 17.2 Å². The van der Waals surface area contributed by atoms with Crippen molar-refractivity contribution >= 4 is 18.2 Å². The lowest BCUT2D eigenvalue weighted by Gasteiger charge is -2.16. The van der Waals surface area contributed by atoms with Gasteiger partial charge in [-0.1, -0.05) is 0 Å². The smallest absolute Gasteiger partial charge is 0.258 e. The Morgan fingerprint density at radius 1 is 1.13 bits per heavy atom. The van der Waals surface area contributed by atoms with Gasteiger partial charge in [0.2, 0.25) is 5.96 Å². The number of hydrazine groups is 1. The first-order valence-electron chi connectivity index (χ1n) is 9.23. The third kappa shape index (κ3) is 6.87. The monoisotopic (exact) mass is 414 g/mol. The van der Waals surface area contributed by atoms with Gasteiger partial charge in [0.05, 0.1) is 6.61 Å². The summed E-state index contributed by atoms with van der Waals surface area (Å²) in [4.78, 5) is 27.5. The maximum atomic E-state index is 12.7. The molecular formula is C21H26N4O5. The van der Waals surface area contributed by atoms with Crippen molar-refractivity contribution in [2.45, 2.75) is 13.0 Å². The lowest BCUT2D eigenvalue weighted by Crippen LogP contribution is -2.46. The number of methoxy groups -OCH3 is 1. The van der Waals surface area contributed by atoms with Gasteiger partial charge in [-0.25, -0.2) is 5.43 Å². The molecule has 9 nitrogen and oxygen atoms in total. The molecule has 2 aromatic carbocycles. The van der Waals surface area contributed by atoms with E-state index in [9.17, 15) is 9.59 Å². The quantitative estimate of drug-likeness (QED) is 0.250. The zero-order valence-electron chi connectivity index (χ0n) is 17.4. The van der Waals surface area contributed by atoms with Crippen molar-refractivity contribution in [2.75, 3.05) is 27.8 Å². The molecule has 0 aliphatic carbocycles. The number of carbonyl (C=O) groups is 2. The highest BCUT2D eigenvalue weighted by molar-refractivity contribution is 6.06. The summed E-state index contributed by atoms with van der Waals surface area (Å²) in [5.41, 5.74) is 6.27. The number of nitrogens with one attached hydrogen (secondary N) is 3. The number of hydrogen-bond acceptors (Lipinski definition) is 7. The predicted molar refractivity (Wildman–Crippen MR) is 113 cm³/mol. The van der Waals surface area contributed by atoms with Crippen molar-refractivity contribution in [3.63, 3.8) is 0 Å². The molecule has 2 aromatic rings. The molecule has 0 aliphatic heterocycles. The number of hydrogen-bond donors (Lipinski definition) is 3. The van der Waals surface area contributed by atoms with E-state index >= 15 is 0 Å². The molecule has 0 heterocycles. The standard InChI is InChI=1S/C21H26N4O5/c1-14(13-28-4)29-18-9-16(20(27)24-21(22-2)25-23-3)10-19(11-18)30-17-7-5-15(12-26)6-8-17/h5-12,14,23H,13H2,1-4H3,(H2,22,24,25,27). The van der Waals surface area contributed by atoms with Gasteiger partial charge in [-0.15, -0.1) is 0 Å². The number of aldehydes is 1. The minimum atomic E-state index is -0.399. The molecule has 30 heavy (non-hydrogen) atoms. The molecule has 160 valence electrons. The van der Waals surface area contributed by atoms with Crippen molar-refractivity contribution in [3.05, 3.63) is 53.6 Å². The Balaban J connectivity index is 2.30. The van der Waals surface area contributed by atoms with Crippen LogP contribution in [0.3, 0.4) is 0 Å². The topological polar surface area (TPSA) is 110 Å². The Morgan fingerprint density at radius 2 is 1.83 bits per heavy atom. The maximum absolute atomic E-state index is 12.7. The average molecular weight is 414 g/mol. The van der Waals surface area contributed by atoms with E-state index in [2.05, 4.69) is 21.2 Å². The normalized spacial score (nSPS) is 12.1. The number of benzene rings is 2. The number of rotatable bonds is 9. The zero-order valence-corrected chi connectivity index (χ0v) is 17.4. The fourth-order valence-electron chi connectivity index (χ4n) is 2.52. The lowest BCUT2D eigenvalue weighted by molar-refractivity contribution is 0.0912. The van der Waals surface area contributed by atoms with Gasteiger partial charge in [0, 0.05) is 38.4 Å². The molecule has 0 aromatic heterocycles. The first-order chi connectivity index (χ1) is 14.5. The Bertz CT molecular complexity index is 883. The van der Waals surface area contributed by atoms with Gasteiger partial charge in [-0.3, -0.25) is 25.3 Å². The van der Waals surface area contributed by atoms with Gasteiger partial charge in [0.15, 0.2) is 0 Å². The van der Waals surface area contributed by atoms with E-state index in [0.717, 1.165) is 6.29 Å². The Kier molecular flexibility index (Phi) is 8.79. The maximum Gasteiger partial charge on any atom is 0.258 e. The number of nitrogens with zero attached hydrogens (tertiary/aromatic N) is 1. The summed E-state index contributed by atoms with van der Waals surface area (Å²) >= 11 is 0. The zero-order chi connectivity index (χ0) is 21.9. The van der Waals surface area contributed by atoms with E-state index in [4.69, 9.17) is 14.2 Å². The summed E-state index contributed by atoms with van der Waals surface area (Å²) < 4.78 is 16.8. The van der Waals surface area contributed by atoms with Gasteiger partial charge < -0.3 is 14.2 Å². The number of ether oxygens (including phenoxy) is 3. The number of aliphatic imine (C=N–C) groups is 1. The molecule has 0 aliphatic rings. The van der Waals surface area contributed by atoms with Crippen LogP contribution in [0, 0.1) is 0 Å². The van der Waals surface area contributed by atoms with E-state index < -0.39 is 5.91 Å². The first-order valence-corrected chi connectivity index (χ1v) is 9.23. The molecule has 0 bridgehead atoms. The number of guanidine groups is 1. The van der Waals surface area contributed by atoms with Crippen LogP contribution in [0.25, 0.3) is 0 Å². The van der Waals surface area contributed by atoms with Crippen LogP contribution in [0.1, 0.15) is 27.6 Å². The minimum Gasteiger partial charge on any atom is -0.488 e. The van der Waals surface area contributed by atoms with E-state index in [-0.39, 0.29) is 12.1 Å². The van der Waals surface area contributed by atoms with Crippen LogP contribution in [-0.4, -0.2) is 52.1 Å². The molecular weight excluding hydrogens is 388 g/mol. The van der Waals surface area contributed by atoms with Gasteiger partial charge in [0.1, 0.15) is 29.6 Å². The van der Waals surface area contributed by atoms with Gasteiger partial charge >= 0.3 is 0 Å². The van der Waals surface area contributed by atoms with E-state index in [0.29, 0.717) is 35.0 Å². The molecule has 9 heteroatoms. The van der Waals surface area contributed by atoms with Gasteiger partial charge in [-0.2, -0.15) is 0 Å². The second-order valence-corrected chi connectivity index (χ2v) is 6.27. The molecule has 0 saturated carbocycles. The molecule has 3 N–H and O–H groups in total. The second-order valence-electron chi connectivity index (χ2n) is 6.27. The Labute approximate surface area is 175 Å². The summed E-state index contributed by atoms with van der Waals surface area (Å²) in [7, 11) is 4.79. The van der Waals surface area contributed by atoms with Crippen molar-refractivity contribution < 1.29 is 23.8 Å². The lowest BCUT2D eigenvalue weighted by atomic mass is 10.2. The highest BCUT2D eigenvalue weighted by Crippen LogP contribution is 2.28. The summed E-state index contributed by atoms with van der Waals surface area (Å²) in [6.45, 7) is 2.24. The van der Waals surface area contributed by atoms with Crippen LogP contribution in [-0.2, 0) is 4.74 Å². The van der Waals surface area contributed by atoms with Gasteiger partial charge in [-0.05, 0) is 43.3 Å². The highest BCUT2D eigenvalue weighted by Gasteiger charge is 2.14. The fraction of sp³-hybridized carbons (Fsp3) is 0.286. The van der Waals surface area contributed by atoms with Crippen LogP contribution >= 0.6 is 0 Å². The van der Waals surface area contributed by atoms with Gasteiger partial charge in [0.25, 0.3) is 5.91 Å². The minimum absolute atomic E-state index is 0.230. The summed E-state index contributed by atoms with van der Waals surface area (Å²) in [5, 5.41) is 2.66. The third-order valence-electron chi connectivity index (χ3n) is 3.83. The molecule has 0 saturated heterocycles. The highest BCUT2D eigenvalue weighted by atomic mass is 16.5. The summed E-state index contributed by atoms with van der Waals surface area (Å²) in [5.74, 6) is 1.22. The van der Waals surface area contributed by atoms with Crippen molar-refractivity contribution in [1.82, 2.24) is 16.2 Å². The van der Waals surface area contributed by atoms with Crippen LogP contribution in [0.5, 0.6) is 17.2 Å². The Hall–Kier alpha value is -3.43. The molecule has 1 amide bonds. The summed E-state index contributed by atoms with van der Waals surface area (Å²) in [6, 6.07) is 11.5. The second kappa shape index (κ2) is 11.5. The molecule has 2 rings (SSSR count). The average Bonchev–Trinajstić information content (AvgIpc) is 2.73. The number of carbonyl (C=O) groups excluding carboxylic acids is 2.